The van der Waals surface area contributed by atoms with Crippen molar-refractivity contribution >= 4 is 11.8 Å². The van der Waals surface area contributed by atoms with Crippen LogP contribution in [-0.2, 0) is 6.42 Å². The second kappa shape index (κ2) is 6.97. The van der Waals surface area contributed by atoms with Crippen molar-refractivity contribution in [1.82, 2.24) is 5.32 Å². The van der Waals surface area contributed by atoms with Gasteiger partial charge in [-0.05, 0) is 55.0 Å². The SMILES string of the molecule is OC1CCCC(CNC2CSCCc3ccccc32)C1. The number of thioether (sulfide) groups is 1. The van der Waals surface area contributed by atoms with E-state index in [1.54, 1.807) is 0 Å². The van der Waals surface area contributed by atoms with Crippen molar-refractivity contribution in [3.05, 3.63) is 35.4 Å². The second-order valence-corrected chi connectivity index (χ2v) is 7.32. The van der Waals surface area contributed by atoms with Crippen LogP contribution in [0.3, 0.4) is 0 Å². The van der Waals surface area contributed by atoms with Gasteiger partial charge in [-0.15, -0.1) is 0 Å². The number of hydrogen-bond donors (Lipinski definition) is 2. The second-order valence-electron chi connectivity index (χ2n) is 6.17. The number of benzene rings is 1. The Balaban J connectivity index is 1.62. The topological polar surface area (TPSA) is 32.3 Å². The fourth-order valence-corrected chi connectivity index (χ4v) is 4.56. The highest BCUT2D eigenvalue weighted by Gasteiger charge is 2.23. The minimum Gasteiger partial charge on any atom is -0.393 e. The van der Waals surface area contributed by atoms with Gasteiger partial charge in [-0.3, -0.25) is 0 Å². The minimum absolute atomic E-state index is 0.0636. The molecule has 1 aromatic carbocycles. The smallest absolute Gasteiger partial charge is 0.0543 e. The van der Waals surface area contributed by atoms with Crippen LogP contribution in [0, 0.1) is 5.92 Å². The molecule has 1 heterocycles. The third-order valence-electron chi connectivity index (χ3n) is 4.64. The Kier molecular flexibility index (Phi) is 5.03. The molecule has 2 N–H and O–H groups in total. The molecule has 3 atom stereocenters. The number of aliphatic hydroxyl groups is 1. The lowest BCUT2D eigenvalue weighted by atomic mass is 9.87. The fourth-order valence-electron chi connectivity index (χ4n) is 3.50. The van der Waals surface area contributed by atoms with E-state index in [9.17, 15) is 5.11 Å². The van der Waals surface area contributed by atoms with Gasteiger partial charge in [-0.2, -0.15) is 11.8 Å². The predicted octanol–water partition coefficient (Wildman–Crippen LogP) is 3.16. The zero-order chi connectivity index (χ0) is 13.8. The number of fused-ring (bicyclic) bond motifs is 1. The predicted molar refractivity (Wildman–Crippen MR) is 86.2 cm³/mol. The average Bonchev–Trinajstić information content (AvgIpc) is 2.67. The maximum absolute atomic E-state index is 9.79. The molecular formula is C17H25NOS. The zero-order valence-electron chi connectivity index (χ0n) is 12.1. The molecule has 1 fully saturated rings. The number of rotatable bonds is 3. The average molecular weight is 291 g/mol. The molecule has 1 aliphatic heterocycles. The summed E-state index contributed by atoms with van der Waals surface area (Å²) < 4.78 is 0. The summed E-state index contributed by atoms with van der Waals surface area (Å²) in [6, 6.07) is 9.37. The van der Waals surface area contributed by atoms with E-state index < -0.39 is 0 Å². The van der Waals surface area contributed by atoms with Gasteiger partial charge in [0.25, 0.3) is 0 Å². The van der Waals surface area contributed by atoms with E-state index in [1.807, 2.05) is 0 Å². The summed E-state index contributed by atoms with van der Waals surface area (Å²) in [5.74, 6) is 3.06. The Morgan fingerprint density at radius 2 is 2.15 bits per heavy atom. The lowest BCUT2D eigenvalue weighted by Gasteiger charge is -2.28. The van der Waals surface area contributed by atoms with Crippen LogP contribution in [0.4, 0.5) is 0 Å². The molecule has 0 radical (unpaired) electrons. The minimum atomic E-state index is -0.0636. The first-order valence-corrected chi connectivity index (χ1v) is 9.05. The van der Waals surface area contributed by atoms with E-state index in [0.717, 1.165) is 19.4 Å². The molecule has 20 heavy (non-hydrogen) atoms. The lowest BCUT2D eigenvalue weighted by molar-refractivity contribution is 0.0998. The molecule has 2 aliphatic rings. The van der Waals surface area contributed by atoms with Gasteiger partial charge < -0.3 is 10.4 Å². The van der Waals surface area contributed by atoms with E-state index in [-0.39, 0.29) is 6.10 Å². The Morgan fingerprint density at radius 1 is 1.25 bits per heavy atom. The molecule has 1 aromatic rings. The van der Waals surface area contributed by atoms with Crippen molar-refractivity contribution < 1.29 is 5.11 Å². The van der Waals surface area contributed by atoms with Crippen LogP contribution in [-0.4, -0.2) is 29.3 Å². The highest BCUT2D eigenvalue weighted by molar-refractivity contribution is 7.99. The molecule has 110 valence electrons. The van der Waals surface area contributed by atoms with Crippen LogP contribution in [0.25, 0.3) is 0 Å². The van der Waals surface area contributed by atoms with Gasteiger partial charge in [0.05, 0.1) is 6.10 Å². The Labute approximate surface area is 126 Å². The van der Waals surface area contributed by atoms with Gasteiger partial charge >= 0.3 is 0 Å². The van der Waals surface area contributed by atoms with E-state index in [2.05, 4.69) is 41.3 Å². The summed E-state index contributed by atoms with van der Waals surface area (Å²) in [6.45, 7) is 1.05. The monoisotopic (exact) mass is 291 g/mol. The van der Waals surface area contributed by atoms with Gasteiger partial charge in [0.1, 0.15) is 0 Å². The zero-order valence-corrected chi connectivity index (χ0v) is 12.9. The summed E-state index contributed by atoms with van der Waals surface area (Å²) in [5, 5.41) is 13.6. The van der Waals surface area contributed by atoms with Crippen LogP contribution in [0.15, 0.2) is 24.3 Å². The van der Waals surface area contributed by atoms with Crippen LogP contribution < -0.4 is 5.32 Å². The molecule has 1 saturated carbocycles. The molecule has 3 rings (SSSR count). The Morgan fingerprint density at radius 3 is 3.05 bits per heavy atom. The summed E-state index contributed by atoms with van der Waals surface area (Å²) in [4.78, 5) is 0. The van der Waals surface area contributed by atoms with Crippen LogP contribution in [0.5, 0.6) is 0 Å². The number of aliphatic hydroxyl groups excluding tert-OH is 1. The molecule has 0 spiro atoms. The molecule has 0 saturated heterocycles. The van der Waals surface area contributed by atoms with Crippen molar-refractivity contribution in [2.45, 2.75) is 44.2 Å². The van der Waals surface area contributed by atoms with Crippen molar-refractivity contribution in [1.29, 1.82) is 0 Å². The fraction of sp³-hybridized carbons (Fsp3) is 0.647. The molecule has 3 heteroatoms. The van der Waals surface area contributed by atoms with E-state index in [1.165, 1.54) is 41.9 Å². The first-order valence-electron chi connectivity index (χ1n) is 7.90. The third kappa shape index (κ3) is 3.57. The highest BCUT2D eigenvalue weighted by Crippen LogP contribution is 2.29. The largest absolute Gasteiger partial charge is 0.393 e. The number of aryl methyl sites for hydroxylation is 1. The Bertz CT molecular complexity index is 437. The van der Waals surface area contributed by atoms with Gasteiger partial charge in [-0.25, -0.2) is 0 Å². The summed E-state index contributed by atoms with van der Waals surface area (Å²) >= 11 is 2.06. The van der Waals surface area contributed by atoms with Crippen molar-refractivity contribution in [2.75, 3.05) is 18.1 Å². The molecule has 1 aliphatic carbocycles. The van der Waals surface area contributed by atoms with Gasteiger partial charge in [-0.1, -0.05) is 30.7 Å². The maximum atomic E-state index is 9.79. The first-order chi connectivity index (χ1) is 9.83. The van der Waals surface area contributed by atoms with Crippen molar-refractivity contribution in [2.24, 2.45) is 5.92 Å². The summed E-state index contributed by atoms with van der Waals surface area (Å²) in [5.41, 5.74) is 3.01. The highest BCUT2D eigenvalue weighted by atomic mass is 32.2. The number of nitrogens with one attached hydrogen (secondary N) is 1. The maximum Gasteiger partial charge on any atom is 0.0543 e. The molecule has 0 bridgehead atoms. The summed E-state index contributed by atoms with van der Waals surface area (Å²) in [7, 11) is 0. The number of hydrogen-bond acceptors (Lipinski definition) is 3. The molecular weight excluding hydrogens is 266 g/mol. The van der Waals surface area contributed by atoms with E-state index in [0.29, 0.717) is 12.0 Å². The molecule has 2 nitrogen and oxygen atoms in total. The van der Waals surface area contributed by atoms with Crippen LogP contribution in [0.1, 0.15) is 42.9 Å². The van der Waals surface area contributed by atoms with Gasteiger partial charge in [0, 0.05) is 11.8 Å². The third-order valence-corrected chi connectivity index (χ3v) is 5.70. The van der Waals surface area contributed by atoms with Gasteiger partial charge in [0.2, 0.25) is 0 Å². The molecule has 3 unspecified atom stereocenters. The first kappa shape index (κ1) is 14.4. The Hall–Kier alpha value is -0.510. The van der Waals surface area contributed by atoms with E-state index in [4.69, 9.17) is 0 Å². The molecule has 0 aromatic heterocycles. The van der Waals surface area contributed by atoms with E-state index >= 15 is 0 Å². The van der Waals surface area contributed by atoms with Gasteiger partial charge in [0.15, 0.2) is 0 Å². The van der Waals surface area contributed by atoms with Crippen LogP contribution in [0.2, 0.25) is 0 Å². The van der Waals surface area contributed by atoms with Crippen LogP contribution >= 0.6 is 11.8 Å². The van der Waals surface area contributed by atoms with Crippen molar-refractivity contribution in [3.63, 3.8) is 0 Å². The van der Waals surface area contributed by atoms with Crippen molar-refractivity contribution in [3.8, 4) is 0 Å². The standard InChI is InChI=1S/C17H25NOS/c19-15-6-3-4-13(10-15)11-18-17-12-20-9-8-14-5-1-2-7-16(14)17/h1-2,5,7,13,15,17-19H,3-4,6,8-12H2. The summed E-state index contributed by atoms with van der Waals surface area (Å²) in [6.07, 6.45) is 5.56. The lowest BCUT2D eigenvalue weighted by Crippen LogP contribution is -2.32. The quantitative estimate of drug-likeness (QED) is 0.897. The normalized spacial score (nSPS) is 30.6. The molecule has 0 amide bonds.